The molecule has 4 rings (SSSR count). The first kappa shape index (κ1) is 27.2. The Labute approximate surface area is 221 Å². The molecule has 13 heteroatoms. The lowest BCUT2D eigenvalue weighted by Gasteiger charge is -2.33. The highest BCUT2D eigenvalue weighted by Crippen LogP contribution is 2.34. The summed E-state index contributed by atoms with van der Waals surface area (Å²) in [5, 5.41) is 2.33. The van der Waals surface area contributed by atoms with Crippen molar-refractivity contribution in [2.75, 3.05) is 17.7 Å². The molecule has 0 bridgehead atoms. The number of hydrogen-bond donors (Lipinski definition) is 3. The average molecular weight is 540 g/mol. The number of nitrogen functional groups attached to an aromatic ring is 1. The number of rotatable bonds is 5. The first-order chi connectivity index (χ1) is 18.5. The molecule has 1 aliphatic heterocycles. The Balaban J connectivity index is 1.63. The minimum absolute atomic E-state index is 0.0880. The Morgan fingerprint density at radius 2 is 1.85 bits per heavy atom. The number of primary amides is 1. The van der Waals surface area contributed by atoms with E-state index in [2.05, 4.69) is 27.1 Å². The van der Waals surface area contributed by atoms with Crippen molar-refractivity contribution in [2.24, 2.45) is 5.73 Å². The number of carbonyl (C=O) groups excluding carboxylic acids is 3. The van der Waals surface area contributed by atoms with Crippen LogP contribution < -0.4 is 16.9 Å². The number of carbonyl (C=O) groups is 3. The summed E-state index contributed by atoms with van der Waals surface area (Å²) in [5.74, 6) is 9.45. The highest BCUT2D eigenvalue weighted by Gasteiger charge is 2.34. The number of piperidine rings is 1. The van der Waals surface area contributed by atoms with Gasteiger partial charge in [-0.2, -0.15) is 13.2 Å². The summed E-state index contributed by atoms with van der Waals surface area (Å²) in [7, 11) is 0. The predicted octanol–water partition coefficient (Wildman–Crippen LogP) is 3.11. The molecule has 1 aromatic carbocycles. The van der Waals surface area contributed by atoms with Crippen LogP contribution in [0, 0.1) is 11.8 Å². The fraction of sp³-hybridized carbons (Fsp3) is 0.269. The number of anilines is 1. The molecule has 10 nitrogen and oxygen atoms in total. The highest BCUT2D eigenvalue weighted by atomic mass is 19.4. The van der Waals surface area contributed by atoms with Crippen LogP contribution in [0.2, 0.25) is 0 Å². The summed E-state index contributed by atoms with van der Waals surface area (Å²) < 4.78 is 39.9. The molecule has 5 N–H and O–H groups in total. The molecule has 2 aromatic heterocycles. The van der Waals surface area contributed by atoms with Crippen LogP contribution >= 0.6 is 0 Å². The molecule has 3 aromatic rings. The van der Waals surface area contributed by atoms with Crippen molar-refractivity contribution < 1.29 is 27.6 Å². The third-order valence-corrected chi connectivity index (χ3v) is 6.21. The fourth-order valence-electron chi connectivity index (χ4n) is 4.39. The van der Waals surface area contributed by atoms with Crippen molar-refractivity contribution in [3.05, 3.63) is 65.2 Å². The van der Waals surface area contributed by atoms with Gasteiger partial charge in [0.05, 0.1) is 11.6 Å². The van der Waals surface area contributed by atoms with Gasteiger partial charge in [-0.15, -0.1) is 0 Å². The van der Waals surface area contributed by atoms with Crippen molar-refractivity contribution in [1.82, 2.24) is 19.5 Å². The van der Waals surface area contributed by atoms with Crippen LogP contribution in [0.5, 0.6) is 0 Å². The molecule has 1 unspecified atom stereocenters. The summed E-state index contributed by atoms with van der Waals surface area (Å²) in [6.07, 6.45) is -1.48. The van der Waals surface area contributed by atoms with Crippen molar-refractivity contribution in [3.8, 4) is 23.1 Å². The lowest BCUT2D eigenvalue weighted by Crippen LogP contribution is -2.40. The van der Waals surface area contributed by atoms with Crippen LogP contribution in [-0.4, -0.2) is 43.8 Å². The van der Waals surface area contributed by atoms with Crippen LogP contribution in [0.3, 0.4) is 0 Å². The standard InChI is InChI=1S/C26H24F3N7O3/c1-2-5-20(37)35-13-4-3-6-18(35)24-34-21(22(23(30)38)36(24)31)15-7-9-16(10-8-15)25(39)33-19-14-17(11-12-32-19)26(27,28)29/h7-12,14,18H,3-4,6,13,31H2,1H3,(H2,30,38)(H,32,33,39). The molecule has 1 atom stereocenters. The SMILES string of the molecule is CC#CC(=O)N1CCCCC1c1nc(-c2ccc(C(=O)Nc3cc(C(F)(F)F)ccn3)cc2)c(C(N)=O)n1N. The number of nitrogens with two attached hydrogens (primary N) is 2. The van der Waals surface area contributed by atoms with Crippen LogP contribution in [-0.2, 0) is 11.0 Å². The third-order valence-electron chi connectivity index (χ3n) is 6.21. The van der Waals surface area contributed by atoms with Gasteiger partial charge < -0.3 is 21.8 Å². The monoisotopic (exact) mass is 539 g/mol. The molecule has 1 aliphatic rings. The number of hydrogen-bond acceptors (Lipinski definition) is 6. The van der Waals surface area contributed by atoms with Crippen molar-refractivity contribution >= 4 is 23.5 Å². The van der Waals surface area contributed by atoms with Crippen LogP contribution in [0.15, 0.2) is 42.6 Å². The molecule has 0 spiro atoms. The van der Waals surface area contributed by atoms with Gasteiger partial charge in [-0.25, -0.2) is 14.6 Å². The van der Waals surface area contributed by atoms with Gasteiger partial charge in [-0.05, 0) is 56.4 Å². The normalized spacial score (nSPS) is 15.3. The number of nitrogens with zero attached hydrogens (tertiary/aromatic N) is 4. The molecule has 202 valence electrons. The molecule has 3 amide bonds. The van der Waals surface area contributed by atoms with Crippen LogP contribution in [0.4, 0.5) is 19.0 Å². The van der Waals surface area contributed by atoms with E-state index in [4.69, 9.17) is 11.6 Å². The Hall–Kier alpha value is -4.86. The van der Waals surface area contributed by atoms with E-state index in [0.717, 1.165) is 35.8 Å². The van der Waals surface area contributed by atoms with Crippen LogP contribution in [0.1, 0.15) is 64.5 Å². The van der Waals surface area contributed by atoms with Crippen molar-refractivity contribution in [1.29, 1.82) is 0 Å². The van der Waals surface area contributed by atoms with Gasteiger partial charge in [0.15, 0.2) is 11.5 Å². The minimum Gasteiger partial charge on any atom is -0.364 e. The zero-order valence-corrected chi connectivity index (χ0v) is 20.7. The van der Waals surface area contributed by atoms with Gasteiger partial charge in [-0.3, -0.25) is 14.4 Å². The van der Waals surface area contributed by atoms with E-state index in [9.17, 15) is 27.6 Å². The second-order valence-corrected chi connectivity index (χ2v) is 8.75. The number of benzene rings is 1. The zero-order valence-electron chi connectivity index (χ0n) is 20.7. The largest absolute Gasteiger partial charge is 0.416 e. The number of alkyl halides is 3. The molecule has 0 aliphatic carbocycles. The summed E-state index contributed by atoms with van der Waals surface area (Å²) >= 11 is 0. The average Bonchev–Trinajstić information content (AvgIpc) is 3.25. The van der Waals surface area contributed by atoms with E-state index in [0.29, 0.717) is 18.5 Å². The van der Waals surface area contributed by atoms with Crippen molar-refractivity contribution in [2.45, 2.75) is 38.4 Å². The fourth-order valence-corrected chi connectivity index (χ4v) is 4.39. The summed E-state index contributed by atoms with van der Waals surface area (Å²) in [6, 6.07) is 6.82. The topological polar surface area (TPSA) is 149 Å². The Morgan fingerprint density at radius 1 is 1.13 bits per heavy atom. The number of likely N-dealkylation sites (tertiary alicyclic amines) is 1. The molecule has 39 heavy (non-hydrogen) atoms. The van der Waals surface area contributed by atoms with E-state index < -0.39 is 29.6 Å². The Morgan fingerprint density at radius 3 is 2.49 bits per heavy atom. The van der Waals surface area contributed by atoms with E-state index in [1.165, 1.54) is 24.3 Å². The van der Waals surface area contributed by atoms with Gasteiger partial charge in [0.1, 0.15) is 11.5 Å². The summed E-state index contributed by atoms with van der Waals surface area (Å²) in [4.78, 5) is 47.4. The zero-order chi connectivity index (χ0) is 28.3. The highest BCUT2D eigenvalue weighted by molar-refractivity contribution is 6.04. The van der Waals surface area contributed by atoms with E-state index in [-0.39, 0.29) is 34.5 Å². The lowest BCUT2D eigenvalue weighted by atomic mass is 10.0. The minimum atomic E-state index is -4.58. The maximum atomic E-state index is 13.0. The molecule has 0 radical (unpaired) electrons. The molecule has 1 fully saturated rings. The maximum absolute atomic E-state index is 13.0. The van der Waals surface area contributed by atoms with Gasteiger partial charge in [-0.1, -0.05) is 18.1 Å². The van der Waals surface area contributed by atoms with Gasteiger partial charge >= 0.3 is 6.18 Å². The smallest absolute Gasteiger partial charge is 0.364 e. The first-order valence-corrected chi connectivity index (χ1v) is 11.9. The van der Waals surface area contributed by atoms with Gasteiger partial charge in [0.25, 0.3) is 17.7 Å². The number of imidazole rings is 1. The number of nitrogens with one attached hydrogen (secondary N) is 1. The molecular formula is C26H24F3N7O3. The van der Waals surface area contributed by atoms with Crippen LogP contribution in [0.25, 0.3) is 11.3 Å². The second kappa shape index (κ2) is 10.9. The Kier molecular flexibility index (Phi) is 7.57. The van der Waals surface area contributed by atoms with Gasteiger partial charge in [0.2, 0.25) is 0 Å². The molecule has 3 heterocycles. The summed E-state index contributed by atoms with van der Waals surface area (Å²) in [6.45, 7) is 2.01. The number of aromatic nitrogens is 3. The maximum Gasteiger partial charge on any atom is 0.416 e. The quantitative estimate of drug-likeness (QED) is 0.335. The lowest BCUT2D eigenvalue weighted by molar-refractivity contribution is -0.137. The van der Waals surface area contributed by atoms with E-state index in [1.54, 1.807) is 11.8 Å². The predicted molar refractivity (Wildman–Crippen MR) is 135 cm³/mol. The molecule has 1 saturated heterocycles. The van der Waals surface area contributed by atoms with E-state index >= 15 is 0 Å². The first-order valence-electron chi connectivity index (χ1n) is 11.9. The molecule has 0 saturated carbocycles. The van der Waals surface area contributed by atoms with Gasteiger partial charge in [0, 0.05) is 23.9 Å². The number of pyridine rings is 1. The number of amides is 3. The van der Waals surface area contributed by atoms with Crippen molar-refractivity contribution in [3.63, 3.8) is 0 Å². The summed E-state index contributed by atoms with van der Waals surface area (Å²) in [5.41, 5.74) is 5.26. The van der Waals surface area contributed by atoms with E-state index in [1.807, 2.05) is 0 Å². The second-order valence-electron chi connectivity index (χ2n) is 8.75. The Bertz CT molecular complexity index is 1490. The third kappa shape index (κ3) is 5.69. The number of halogens is 3. The molecular weight excluding hydrogens is 515 g/mol.